The number of fused-ring (bicyclic) bond motifs is 1. The van der Waals surface area contributed by atoms with E-state index in [4.69, 9.17) is 21.1 Å². The number of carboxylic acid groups (broad SMARTS) is 3. The SMILES string of the molecule is CC(NC(=O)C(CC(=O)O)NC(=O)C(CCC(=O)O)NC(=O)C(N)Cc1c[nH]c2ccccc12)C(=O)O. The first-order chi connectivity index (χ1) is 17.4. The minimum Gasteiger partial charge on any atom is -0.481 e. The number of carbonyl (C=O) groups excluding carboxylic acids is 3. The molecule has 4 unspecified atom stereocenters. The molecule has 1 aromatic carbocycles. The largest absolute Gasteiger partial charge is 0.481 e. The zero-order valence-electron chi connectivity index (χ0n) is 19.9. The van der Waals surface area contributed by atoms with Crippen molar-refractivity contribution in [3.8, 4) is 0 Å². The van der Waals surface area contributed by atoms with Crippen LogP contribution in [0.4, 0.5) is 0 Å². The normalized spacial score (nSPS) is 14.1. The Morgan fingerprint density at radius 3 is 2.14 bits per heavy atom. The molecule has 14 heteroatoms. The molecule has 0 aliphatic heterocycles. The number of nitrogens with one attached hydrogen (secondary N) is 4. The highest BCUT2D eigenvalue weighted by atomic mass is 16.4. The van der Waals surface area contributed by atoms with Crippen LogP contribution in [0.25, 0.3) is 10.9 Å². The predicted molar refractivity (Wildman–Crippen MR) is 128 cm³/mol. The monoisotopic (exact) mass is 519 g/mol. The Morgan fingerprint density at radius 1 is 0.892 bits per heavy atom. The van der Waals surface area contributed by atoms with Gasteiger partial charge in [0, 0.05) is 23.5 Å². The Kier molecular flexibility index (Phi) is 10.1. The van der Waals surface area contributed by atoms with Crippen molar-refractivity contribution >= 4 is 46.5 Å². The maximum absolute atomic E-state index is 12.9. The Labute approximate surface area is 210 Å². The Balaban J connectivity index is 2.14. The summed E-state index contributed by atoms with van der Waals surface area (Å²) in [6.07, 6.45) is 0.00499. The molecule has 1 aromatic heterocycles. The Morgan fingerprint density at radius 2 is 1.51 bits per heavy atom. The van der Waals surface area contributed by atoms with Crippen molar-refractivity contribution in [3.63, 3.8) is 0 Å². The van der Waals surface area contributed by atoms with E-state index in [1.807, 2.05) is 24.3 Å². The van der Waals surface area contributed by atoms with Crippen LogP contribution < -0.4 is 21.7 Å². The molecular formula is C23H29N5O9. The van der Waals surface area contributed by atoms with E-state index in [9.17, 15) is 28.8 Å². The zero-order chi connectivity index (χ0) is 27.7. The van der Waals surface area contributed by atoms with E-state index >= 15 is 0 Å². The second kappa shape index (κ2) is 13.0. The van der Waals surface area contributed by atoms with Gasteiger partial charge >= 0.3 is 17.9 Å². The van der Waals surface area contributed by atoms with Crippen molar-refractivity contribution in [1.29, 1.82) is 0 Å². The number of hydrogen-bond donors (Lipinski definition) is 8. The lowest BCUT2D eigenvalue weighted by molar-refractivity contribution is -0.143. The number of aromatic nitrogens is 1. The molecule has 0 saturated heterocycles. The summed E-state index contributed by atoms with van der Waals surface area (Å²) in [7, 11) is 0. The number of rotatable bonds is 14. The third-order valence-corrected chi connectivity index (χ3v) is 5.47. The zero-order valence-corrected chi connectivity index (χ0v) is 19.9. The average Bonchev–Trinajstić information content (AvgIpc) is 3.23. The molecule has 1 heterocycles. The van der Waals surface area contributed by atoms with E-state index in [-0.39, 0.29) is 12.8 Å². The lowest BCUT2D eigenvalue weighted by Gasteiger charge is -2.24. The summed E-state index contributed by atoms with van der Waals surface area (Å²) in [4.78, 5) is 74.3. The van der Waals surface area contributed by atoms with E-state index in [1.165, 1.54) is 0 Å². The van der Waals surface area contributed by atoms with Crippen molar-refractivity contribution in [1.82, 2.24) is 20.9 Å². The second-order valence-electron chi connectivity index (χ2n) is 8.39. The summed E-state index contributed by atoms with van der Waals surface area (Å²) in [5.41, 5.74) is 7.61. The molecule has 3 amide bonds. The minimum absolute atomic E-state index is 0.0975. The van der Waals surface area contributed by atoms with E-state index < -0.39 is 72.6 Å². The molecule has 9 N–H and O–H groups in total. The number of para-hydroxylation sites is 1. The third kappa shape index (κ3) is 8.61. The molecule has 0 fully saturated rings. The maximum atomic E-state index is 12.9. The van der Waals surface area contributed by atoms with Crippen LogP contribution in [-0.4, -0.2) is 80.1 Å². The fraction of sp³-hybridized carbons (Fsp3) is 0.391. The summed E-state index contributed by atoms with van der Waals surface area (Å²) >= 11 is 0. The first kappa shape index (κ1) is 28.8. The number of amides is 3. The lowest BCUT2D eigenvalue weighted by atomic mass is 10.0. The molecule has 37 heavy (non-hydrogen) atoms. The van der Waals surface area contributed by atoms with Crippen LogP contribution in [-0.2, 0) is 35.2 Å². The Bertz CT molecular complexity index is 1180. The van der Waals surface area contributed by atoms with E-state index in [1.54, 1.807) is 6.20 Å². The predicted octanol–water partition coefficient (Wildman–Crippen LogP) is -1.06. The molecule has 2 rings (SSSR count). The van der Waals surface area contributed by atoms with Crippen LogP contribution in [0.5, 0.6) is 0 Å². The van der Waals surface area contributed by atoms with Gasteiger partial charge in [0.15, 0.2) is 0 Å². The van der Waals surface area contributed by atoms with E-state index in [0.29, 0.717) is 0 Å². The number of H-pyrrole nitrogens is 1. The lowest BCUT2D eigenvalue weighted by Crippen LogP contribution is -2.57. The molecule has 0 aliphatic rings. The molecule has 0 spiro atoms. The van der Waals surface area contributed by atoms with Crippen LogP contribution in [0.1, 0.15) is 31.7 Å². The average molecular weight is 520 g/mol. The first-order valence-electron chi connectivity index (χ1n) is 11.3. The number of nitrogens with two attached hydrogens (primary N) is 1. The van der Waals surface area contributed by atoms with Gasteiger partial charge in [0.05, 0.1) is 12.5 Å². The van der Waals surface area contributed by atoms with Gasteiger partial charge in [-0.15, -0.1) is 0 Å². The van der Waals surface area contributed by atoms with Crippen molar-refractivity contribution in [2.75, 3.05) is 0 Å². The molecule has 14 nitrogen and oxygen atoms in total. The van der Waals surface area contributed by atoms with Crippen molar-refractivity contribution in [3.05, 3.63) is 36.0 Å². The van der Waals surface area contributed by atoms with Crippen LogP contribution >= 0.6 is 0 Å². The van der Waals surface area contributed by atoms with Crippen molar-refractivity contribution in [2.45, 2.75) is 56.8 Å². The molecule has 0 bridgehead atoms. The number of hydrogen-bond acceptors (Lipinski definition) is 7. The summed E-state index contributed by atoms with van der Waals surface area (Å²) in [6, 6.07) is 1.71. The number of carbonyl (C=O) groups is 6. The highest BCUT2D eigenvalue weighted by Crippen LogP contribution is 2.18. The topological polar surface area (TPSA) is 241 Å². The van der Waals surface area contributed by atoms with Crippen molar-refractivity contribution in [2.24, 2.45) is 5.73 Å². The summed E-state index contributed by atoms with van der Waals surface area (Å²) in [5, 5.41) is 34.5. The number of benzene rings is 1. The first-order valence-corrected chi connectivity index (χ1v) is 11.3. The van der Waals surface area contributed by atoms with Gasteiger partial charge in [-0.25, -0.2) is 0 Å². The van der Waals surface area contributed by atoms with E-state index in [2.05, 4.69) is 20.9 Å². The molecule has 200 valence electrons. The molecule has 2 aromatic rings. The molecular weight excluding hydrogens is 490 g/mol. The molecule has 0 radical (unpaired) electrons. The van der Waals surface area contributed by atoms with Crippen molar-refractivity contribution < 1.29 is 44.1 Å². The fourth-order valence-electron chi connectivity index (χ4n) is 3.48. The fourth-order valence-corrected chi connectivity index (χ4v) is 3.48. The highest BCUT2D eigenvalue weighted by molar-refractivity contribution is 5.96. The molecule has 0 aliphatic carbocycles. The summed E-state index contributed by atoms with van der Waals surface area (Å²) in [5.74, 6) is -6.98. The number of aromatic amines is 1. The quantitative estimate of drug-likeness (QED) is 0.150. The van der Waals surface area contributed by atoms with Gasteiger partial charge in [-0.2, -0.15) is 0 Å². The molecule has 4 atom stereocenters. The summed E-state index contributed by atoms with van der Waals surface area (Å²) < 4.78 is 0. The van der Waals surface area contributed by atoms with Gasteiger partial charge in [-0.3, -0.25) is 28.8 Å². The number of carboxylic acids is 3. The third-order valence-electron chi connectivity index (χ3n) is 5.47. The minimum atomic E-state index is -1.68. The smallest absolute Gasteiger partial charge is 0.325 e. The maximum Gasteiger partial charge on any atom is 0.325 e. The van der Waals surface area contributed by atoms with Gasteiger partial charge in [-0.1, -0.05) is 18.2 Å². The van der Waals surface area contributed by atoms with Gasteiger partial charge in [0.1, 0.15) is 18.1 Å². The number of aliphatic carboxylic acids is 3. The van der Waals surface area contributed by atoms with Gasteiger partial charge in [0.25, 0.3) is 0 Å². The van der Waals surface area contributed by atoms with Crippen LogP contribution in [0.2, 0.25) is 0 Å². The van der Waals surface area contributed by atoms with Crippen LogP contribution in [0.3, 0.4) is 0 Å². The Hall–Kier alpha value is -4.46. The van der Waals surface area contributed by atoms with Gasteiger partial charge in [0.2, 0.25) is 17.7 Å². The standard InChI is InChI=1S/C23H29N5O9/c1-11(23(36)37)26-22(35)17(9-19(31)32)28-21(34)16(6-7-18(29)30)27-20(33)14(24)8-12-10-25-15-5-3-2-4-13(12)15/h2-5,10-11,14,16-17,25H,6-9,24H2,1H3,(H,26,35)(H,27,33)(H,28,34)(H,29,30)(H,31,32)(H,36,37). The van der Waals surface area contributed by atoms with E-state index in [0.717, 1.165) is 23.4 Å². The van der Waals surface area contributed by atoms with Crippen LogP contribution in [0, 0.1) is 0 Å². The highest BCUT2D eigenvalue weighted by Gasteiger charge is 2.31. The van der Waals surface area contributed by atoms with Crippen LogP contribution in [0.15, 0.2) is 30.5 Å². The van der Waals surface area contributed by atoms with Gasteiger partial charge < -0.3 is 42.0 Å². The second-order valence-corrected chi connectivity index (χ2v) is 8.39. The molecule has 0 saturated carbocycles. The van der Waals surface area contributed by atoms with Gasteiger partial charge in [-0.05, 0) is 31.4 Å². The summed E-state index contributed by atoms with van der Waals surface area (Å²) in [6.45, 7) is 1.14.